The molecular weight excluding hydrogens is 350 g/mol. The van der Waals surface area contributed by atoms with Crippen molar-refractivity contribution in [3.63, 3.8) is 0 Å². The minimum Gasteiger partial charge on any atom is -0.480 e. The number of para-hydroxylation sites is 1. The SMILES string of the molecule is CCCCC(C(=O)N1CCCC1C(=O)O)n1c(=O)[nH]c2ccccc2c1=O. The molecule has 3 rings (SSSR count). The van der Waals surface area contributed by atoms with E-state index in [0.29, 0.717) is 43.1 Å². The molecule has 1 aromatic heterocycles. The lowest BCUT2D eigenvalue weighted by Crippen LogP contribution is -2.49. The summed E-state index contributed by atoms with van der Waals surface area (Å²) < 4.78 is 0.956. The Morgan fingerprint density at radius 2 is 2.04 bits per heavy atom. The number of hydrogen-bond acceptors (Lipinski definition) is 4. The molecule has 8 heteroatoms. The van der Waals surface area contributed by atoms with Gasteiger partial charge in [-0.1, -0.05) is 31.9 Å². The van der Waals surface area contributed by atoms with E-state index in [1.54, 1.807) is 24.3 Å². The van der Waals surface area contributed by atoms with Crippen molar-refractivity contribution in [3.8, 4) is 0 Å². The second-order valence-electron chi connectivity index (χ2n) is 6.84. The van der Waals surface area contributed by atoms with Crippen molar-refractivity contribution in [2.45, 2.75) is 51.1 Å². The number of aliphatic carboxylic acids is 1. The minimum atomic E-state index is -1.06. The number of carboxylic acid groups (broad SMARTS) is 1. The molecule has 2 unspecified atom stereocenters. The number of H-pyrrole nitrogens is 1. The molecule has 0 aliphatic carbocycles. The molecule has 27 heavy (non-hydrogen) atoms. The third-order valence-corrected chi connectivity index (χ3v) is 5.09. The van der Waals surface area contributed by atoms with Crippen LogP contribution in [0.15, 0.2) is 33.9 Å². The number of carboxylic acids is 1. The Morgan fingerprint density at radius 3 is 2.74 bits per heavy atom. The van der Waals surface area contributed by atoms with Crippen LogP contribution in [0.25, 0.3) is 10.9 Å². The number of carbonyl (C=O) groups excluding carboxylic acids is 1. The molecule has 1 saturated heterocycles. The summed E-state index contributed by atoms with van der Waals surface area (Å²) in [5.74, 6) is -1.54. The monoisotopic (exact) mass is 373 g/mol. The highest BCUT2D eigenvalue weighted by Gasteiger charge is 2.38. The number of nitrogens with one attached hydrogen (secondary N) is 1. The molecular formula is C19H23N3O5. The van der Waals surface area contributed by atoms with Crippen LogP contribution in [0.4, 0.5) is 0 Å². The lowest BCUT2D eigenvalue weighted by molar-refractivity contribution is -0.149. The van der Waals surface area contributed by atoms with Crippen LogP contribution in [-0.2, 0) is 9.59 Å². The van der Waals surface area contributed by atoms with Crippen LogP contribution in [-0.4, -0.2) is 44.0 Å². The van der Waals surface area contributed by atoms with Gasteiger partial charge in [0, 0.05) is 6.54 Å². The van der Waals surface area contributed by atoms with E-state index in [0.717, 1.165) is 11.0 Å². The van der Waals surface area contributed by atoms with E-state index >= 15 is 0 Å². The van der Waals surface area contributed by atoms with Gasteiger partial charge in [0.15, 0.2) is 0 Å². The molecule has 144 valence electrons. The van der Waals surface area contributed by atoms with Crippen LogP contribution < -0.4 is 11.2 Å². The normalized spacial score (nSPS) is 18.0. The number of unbranched alkanes of at least 4 members (excludes halogenated alkanes) is 1. The smallest absolute Gasteiger partial charge is 0.329 e. The molecule has 1 fully saturated rings. The van der Waals surface area contributed by atoms with Crippen molar-refractivity contribution >= 4 is 22.8 Å². The summed E-state index contributed by atoms with van der Waals surface area (Å²) >= 11 is 0. The third-order valence-electron chi connectivity index (χ3n) is 5.09. The predicted molar refractivity (Wildman–Crippen MR) is 99.8 cm³/mol. The van der Waals surface area contributed by atoms with E-state index in [9.17, 15) is 24.3 Å². The molecule has 0 radical (unpaired) electrons. The van der Waals surface area contributed by atoms with Gasteiger partial charge in [-0.3, -0.25) is 9.59 Å². The van der Waals surface area contributed by atoms with E-state index in [1.807, 2.05) is 6.92 Å². The maximum absolute atomic E-state index is 13.2. The van der Waals surface area contributed by atoms with E-state index in [2.05, 4.69) is 4.98 Å². The summed E-state index contributed by atoms with van der Waals surface area (Å²) in [6.07, 6.45) is 2.70. The van der Waals surface area contributed by atoms with Gasteiger partial charge in [-0.25, -0.2) is 14.2 Å². The van der Waals surface area contributed by atoms with Crippen LogP contribution in [0, 0.1) is 0 Å². The van der Waals surface area contributed by atoms with Gasteiger partial charge in [-0.15, -0.1) is 0 Å². The molecule has 1 aliphatic rings. The fourth-order valence-corrected chi connectivity index (χ4v) is 3.70. The second-order valence-corrected chi connectivity index (χ2v) is 6.84. The summed E-state index contributed by atoms with van der Waals surface area (Å²) in [6.45, 7) is 2.27. The molecule has 2 atom stereocenters. The molecule has 2 aromatic rings. The third kappa shape index (κ3) is 3.51. The fourth-order valence-electron chi connectivity index (χ4n) is 3.70. The quantitative estimate of drug-likeness (QED) is 0.797. The summed E-state index contributed by atoms with van der Waals surface area (Å²) in [5, 5.41) is 9.70. The Balaban J connectivity index is 2.09. The van der Waals surface area contributed by atoms with Crippen molar-refractivity contribution in [2.24, 2.45) is 0 Å². The van der Waals surface area contributed by atoms with Crippen molar-refractivity contribution in [1.82, 2.24) is 14.5 Å². The zero-order chi connectivity index (χ0) is 19.6. The number of fused-ring (bicyclic) bond motifs is 1. The Hall–Kier alpha value is -2.90. The van der Waals surface area contributed by atoms with Crippen LogP contribution in [0.5, 0.6) is 0 Å². The number of amides is 1. The van der Waals surface area contributed by atoms with E-state index < -0.39 is 35.2 Å². The maximum atomic E-state index is 13.2. The van der Waals surface area contributed by atoms with Gasteiger partial charge < -0.3 is 15.0 Å². The molecule has 2 N–H and O–H groups in total. The fraction of sp³-hybridized carbons (Fsp3) is 0.474. The van der Waals surface area contributed by atoms with Gasteiger partial charge in [0.05, 0.1) is 10.9 Å². The number of hydrogen-bond donors (Lipinski definition) is 2. The zero-order valence-electron chi connectivity index (χ0n) is 15.2. The molecule has 1 amide bonds. The molecule has 0 saturated carbocycles. The number of carbonyl (C=O) groups is 2. The zero-order valence-corrected chi connectivity index (χ0v) is 15.2. The average Bonchev–Trinajstić information content (AvgIpc) is 3.14. The molecule has 1 aliphatic heterocycles. The van der Waals surface area contributed by atoms with Gasteiger partial charge in [0.25, 0.3) is 5.56 Å². The van der Waals surface area contributed by atoms with Crippen molar-refractivity contribution in [3.05, 3.63) is 45.1 Å². The maximum Gasteiger partial charge on any atom is 0.329 e. The van der Waals surface area contributed by atoms with Gasteiger partial charge in [-0.05, 0) is 31.4 Å². The van der Waals surface area contributed by atoms with E-state index in [-0.39, 0.29) is 0 Å². The van der Waals surface area contributed by atoms with Crippen molar-refractivity contribution < 1.29 is 14.7 Å². The van der Waals surface area contributed by atoms with Crippen LogP contribution in [0.3, 0.4) is 0 Å². The van der Waals surface area contributed by atoms with E-state index in [4.69, 9.17) is 0 Å². The van der Waals surface area contributed by atoms with Gasteiger partial charge >= 0.3 is 11.7 Å². The Labute approximate surface area is 155 Å². The first-order valence-corrected chi connectivity index (χ1v) is 9.22. The number of likely N-dealkylation sites (tertiary alicyclic amines) is 1. The number of nitrogens with zero attached hydrogens (tertiary/aromatic N) is 2. The molecule has 0 spiro atoms. The standard InChI is InChI=1S/C19H23N3O5/c1-2-3-9-14(17(24)21-11-6-10-15(21)18(25)26)22-16(23)12-7-4-5-8-13(12)20-19(22)27/h4-5,7-8,14-15H,2-3,6,9-11H2,1H3,(H,20,27)(H,25,26). The lowest BCUT2D eigenvalue weighted by atomic mass is 10.1. The number of benzene rings is 1. The molecule has 8 nitrogen and oxygen atoms in total. The van der Waals surface area contributed by atoms with Gasteiger partial charge in [-0.2, -0.15) is 0 Å². The van der Waals surface area contributed by atoms with Crippen LogP contribution in [0.2, 0.25) is 0 Å². The Bertz CT molecular complexity index is 977. The van der Waals surface area contributed by atoms with Crippen LogP contribution >= 0.6 is 0 Å². The summed E-state index contributed by atoms with van der Waals surface area (Å²) in [6, 6.07) is 4.72. The van der Waals surface area contributed by atoms with Crippen LogP contribution in [0.1, 0.15) is 45.1 Å². The summed E-state index contributed by atoms with van der Waals surface area (Å²) in [5.41, 5.74) is -0.774. The Kier molecular flexibility index (Phi) is 5.43. The lowest BCUT2D eigenvalue weighted by Gasteiger charge is -2.27. The molecule has 0 bridgehead atoms. The minimum absolute atomic E-state index is 0.305. The first-order chi connectivity index (χ1) is 13.0. The highest BCUT2D eigenvalue weighted by molar-refractivity contribution is 5.87. The number of aromatic amines is 1. The largest absolute Gasteiger partial charge is 0.480 e. The second kappa shape index (κ2) is 7.77. The first-order valence-electron chi connectivity index (χ1n) is 9.22. The molecule has 2 heterocycles. The van der Waals surface area contributed by atoms with E-state index in [1.165, 1.54) is 4.90 Å². The van der Waals surface area contributed by atoms with Gasteiger partial charge in [0.2, 0.25) is 5.91 Å². The average molecular weight is 373 g/mol. The number of aromatic nitrogens is 2. The Morgan fingerprint density at radius 1 is 1.30 bits per heavy atom. The highest BCUT2D eigenvalue weighted by Crippen LogP contribution is 2.24. The van der Waals surface area contributed by atoms with Crippen molar-refractivity contribution in [2.75, 3.05) is 6.54 Å². The number of rotatable bonds is 6. The topological polar surface area (TPSA) is 112 Å². The highest BCUT2D eigenvalue weighted by atomic mass is 16.4. The first kappa shape index (κ1) is 18.9. The summed E-state index contributed by atoms with van der Waals surface area (Å²) in [7, 11) is 0. The predicted octanol–water partition coefficient (Wildman–Crippen LogP) is 1.50. The van der Waals surface area contributed by atoms with Gasteiger partial charge in [0.1, 0.15) is 12.1 Å². The van der Waals surface area contributed by atoms with Crippen molar-refractivity contribution in [1.29, 1.82) is 0 Å². The molecule has 1 aromatic carbocycles. The summed E-state index contributed by atoms with van der Waals surface area (Å²) in [4.78, 5) is 54.1.